The van der Waals surface area contributed by atoms with Gasteiger partial charge in [-0.05, 0) is 25.5 Å². The van der Waals surface area contributed by atoms with E-state index in [1.807, 2.05) is 19.1 Å². The predicted molar refractivity (Wildman–Crippen MR) is 89.7 cm³/mol. The molecule has 24 heavy (non-hydrogen) atoms. The summed E-state index contributed by atoms with van der Waals surface area (Å²) in [5.74, 6) is -1.13. The van der Waals surface area contributed by atoms with Gasteiger partial charge < -0.3 is 4.74 Å². The number of para-hydroxylation sites is 1. The first-order valence-corrected chi connectivity index (χ1v) is 9.43. The van der Waals surface area contributed by atoms with Gasteiger partial charge in [-0.3, -0.25) is 20.4 Å². The molecule has 0 spiro atoms. The van der Waals surface area contributed by atoms with Gasteiger partial charge in [-0.1, -0.05) is 18.2 Å². The van der Waals surface area contributed by atoms with Crippen LogP contribution in [0.2, 0.25) is 0 Å². The number of amides is 2. The van der Waals surface area contributed by atoms with Gasteiger partial charge >= 0.3 is 0 Å². The normalized spacial score (nSPS) is 19.1. The third-order valence-corrected chi connectivity index (χ3v) is 5.31. The van der Waals surface area contributed by atoms with Crippen LogP contribution in [-0.4, -0.2) is 38.3 Å². The van der Waals surface area contributed by atoms with E-state index < -0.39 is 27.6 Å². The molecule has 1 aromatic rings. The summed E-state index contributed by atoms with van der Waals surface area (Å²) in [6, 6.07) is 7.25. The lowest BCUT2D eigenvalue weighted by atomic mass is 10.1. The van der Waals surface area contributed by atoms with Crippen LogP contribution in [-0.2, 0) is 19.4 Å². The van der Waals surface area contributed by atoms with Crippen LogP contribution in [0.3, 0.4) is 0 Å². The highest BCUT2D eigenvalue weighted by Gasteiger charge is 2.32. The molecule has 0 saturated carbocycles. The van der Waals surface area contributed by atoms with Gasteiger partial charge in [-0.15, -0.1) is 0 Å². The van der Waals surface area contributed by atoms with Gasteiger partial charge in [0.2, 0.25) is 5.91 Å². The fourth-order valence-electron chi connectivity index (χ4n) is 2.34. The van der Waals surface area contributed by atoms with Crippen LogP contribution in [0, 0.1) is 5.92 Å². The number of benzene rings is 1. The molecule has 1 heterocycles. The highest BCUT2D eigenvalue weighted by molar-refractivity contribution is 7.91. The Balaban J connectivity index is 1.86. The van der Waals surface area contributed by atoms with E-state index in [0.717, 1.165) is 5.56 Å². The van der Waals surface area contributed by atoms with E-state index in [9.17, 15) is 18.0 Å². The second-order valence-electron chi connectivity index (χ2n) is 5.38. The van der Waals surface area contributed by atoms with Gasteiger partial charge in [0.25, 0.3) is 5.91 Å². The van der Waals surface area contributed by atoms with E-state index in [4.69, 9.17) is 4.74 Å². The quantitative estimate of drug-likeness (QED) is 0.599. The Labute approximate surface area is 141 Å². The zero-order valence-corrected chi connectivity index (χ0v) is 14.1. The van der Waals surface area contributed by atoms with Crippen LogP contribution in [0.4, 0.5) is 0 Å². The molecular formula is C16H20N2O5S. The predicted octanol–water partition coefficient (Wildman–Crippen LogP) is 0.681. The molecule has 1 aromatic carbocycles. The maximum atomic E-state index is 11.8. The van der Waals surface area contributed by atoms with Crippen molar-refractivity contribution in [1.82, 2.24) is 10.9 Å². The Bertz CT molecular complexity index is 743. The molecule has 1 aliphatic rings. The Morgan fingerprint density at radius 2 is 2.04 bits per heavy atom. The fraction of sp³-hybridized carbons (Fsp3) is 0.375. The molecule has 0 unspecified atom stereocenters. The summed E-state index contributed by atoms with van der Waals surface area (Å²) in [5, 5.41) is 0. The van der Waals surface area contributed by atoms with E-state index >= 15 is 0 Å². The molecule has 1 atom stereocenters. The van der Waals surface area contributed by atoms with Crippen molar-refractivity contribution in [3.05, 3.63) is 35.9 Å². The first kappa shape index (κ1) is 18.0. The third-order valence-electron chi connectivity index (χ3n) is 3.55. The Morgan fingerprint density at radius 3 is 2.71 bits per heavy atom. The number of carbonyl (C=O) groups is 2. The number of hydrogen-bond acceptors (Lipinski definition) is 5. The summed E-state index contributed by atoms with van der Waals surface area (Å²) >= 11 is 0. The number of hydrogen-bond donors (Lipinski definition) is 2. The molecule has 0 bridgehead atoms. The highest BCUT2D eigenvalue weighted by atomic mass is 32.2. The second-order valence-corrected chi connectivity index (χ2v) is 7.61. The first-order chi connectivity index (χ1) is 11.4. The monoisotopic (exact) mass is 352 g/mol. The van der Waals surface area contributed by atoms with Crippen molar-refractivity contribution in [3.8, 4) is 5.75 Å². The van der Waals surface area contributed by atoms with Crippen LogP contribution in [0.5, 0.6) is 5.75 Å². The summed E-state index contributed by atoms with van der Waals surface area (Å²) in [7, 11) is -3.14. The Kier molecular flexibility index (Phi) is 5.97. The molecule has 0 radical (unpaired) electrons. The largest absolute Gasteiger partial charge is 0.493 e. The van der Waals surface area contributed by atoms with Crippen molar-refractivity contribution in [2.24, 2.45) is 5.92 Å². The Hall–Kier alpha value is -2.35. The molecule has 2 rings (SSSR count). The number of hydrazine groups is 1. The van der Waals surface area contributed by atoms with Crippen molar-refractivity contribution < 1.29 is 22.7 Å². The molecule has 2 N–H and O–H groups in total. The van der Waals surface area contributed by atoms with Crippen LogP contribution >= 0.6 is 0 Å². The zero-order valence-electron chi connectivity index (χ0n) is 13.3. The minimum atomic E-state index is -3.14. The van der Waals surface area contributed by atoms with Crippen molar-refractivity contribution in [2.75, 3.05) is 18.1 Å². The summed E-state index contributed by atoms with van der Waals surface area (Å²) in [6.45, 7) is 2.38. The number of sulfone groups is 1. The molecule has 1 aliphatic heterocycles. The average molecular weight is 352 g/mol. The summed E-state index contributed by atoms with van der Waals surface area (Å²) < 4.78 is 28.1. The van der Waals surface area contributed by atoms with E-state index in [1.54, 1.807) is 18.2 Å². The topological polar surface area (TPSA) is 102 Å². The minimum absolute atomic E-state index is 0.00709. The zero-order chi connectivity index (χ0) is 17.6. The number of ether oxygens (including phenoxy) is 1. The second kappa shape index (κ2) is 7.96. The molecule has 1 saturated heterocycles. The average Bonchev–Trinajstić information content (AvgIpc) is 2.92. The molecule has 0 aliphatic carbocycles. The standard InChI is InChI=1S/C16H20N2O5S/c1-2-23-14-6-4-3-5-12(14)7-8-15(19)17-18-16(20)13-9-10-24(21,22)11-13/h3-8,13H,2,9-11H2,1H3,(H,17,19)(H,18,20)/b8-7+/t13-/m1/s1. The molecule has 2 amide bonds. The van der Waals surface area contributed by atoms with Crippen molar-refractivity contribution >= 4 is 27.7 Å². The summed E-state index contributed by atoms with van der Waals surface area (Å²) in [5.41, 5.74) is 5.24. The first-order valence-electron chi connectivity index (χ1n) is 7.61. The van der Waals surface area contributed by atoms with Gasteiger partial charge in [0, 0.05) is 11.6 Å². The smallest absolute Gasteiger partial charge is 0.262 e. The molecule has 7 nitrogen and oxygen atoms in total. The van der Waals surface area contributed by atoms with Crippen molar-refractivity contribution in [1.29, 1.82) is 0 Å². The summed E-state index contributed by atoms with van der Waals surface area (Å²) in [6.07, 6.45) is 3.12. The van der Waals surface area contributed by atoms with Crippen LogP contribution < -0.4 is 15.6 Å². The third kappa shape index (κ3) is 5.09. The lowest BCUT2D eigenvalue weighted by Crippen LogP contribution is -2.44. The van der Waals surface area contributed by atoms with Gasteiger partial charge in [-0.25, -0.2) is 8.42 Å². The van der Waals surface area contributed by atoms with Crippen LogP contribution in [0.1, 0.15) is 18.9 Å². The molecular weight excluding hydrogens is 332 g/mol. The number of rotatable bonds is 5. The Morgan fingerprint density at radius 1 is 1.29 bits per heavy atom. The van der Waals surface area contributed by atoms with Gasteiger partial charge in [0.1, 0.15) is 5.75 Å². The highest BCUT2D eigenvalue weighted by Crippen LogP contribution is 2.19. The molecule has 1 fully saturated rings. The number of carbonyl (C=O) groups excluding carboxylic acids is 2. The van der Waals surface area contributed by atoms with E-state index in [2.05, 4.69) is 10.9 Å². The van der Waals surface area contributed by atoms with Crippen LogP contribution in [0.25, 0.3) is 6.08 Å². The maximum absolute atomic E-state index is 11.8. The fourth-order valence-corrected chi connectivity index (χ4v) is 4.08. The lowest BCUT2D eigenvalue weighted by molar-refractivity contribution is -0.129. The van der Waals surface area contributed by atoms with Gasteiger partial charge in [0.15, 0.2) is 9.84 Å². The lowest BCUT2D eigenvalue weighted by Gasteiger charge is -2.09. The van der Waals surface area contributed by atoms with Crippen LogP contribution in [0.15, 0.2) is 30.3 Å². The van der Waals surface area contributed by atoms with E-state index in [0.29, 0.717) is 12.4 Å². The maximum Gasteiger partial charge on any atom is 0.262 e. The minimum Gasteiger partial charge on any atom is -0.493 e. The molecule has 130 valence electrons. The van der Waals surface area contributed by atoms with E-state index in [-0.39, 0.29) is 17.9 Å². The summed E-state index contributed by atoms with van der Waals surface area (Å²) in [4.78, 5) is 23.6. The molecule has 8 heteroatoms. The SMILES string of the molecule is CCOc1ccccc1/C=C/C(=O)NNC(=O)[C@@H]1CCS(=O)(=O)C1. The van der Waals surface area contributed by atoms with Crippen molar-refractivity contribution in [3.63, 3.8) is 0 Å². The number of nitrogens with one attached hydrogen (secondary N) is 2. The van der Waals surface area contributed by atoms with Gasteiger partial charge in [-0.2, -0.15) is 0 Å². The molecule has 0 aromatic heterocycles. The van der Waals surface area contributed by atoms with Gasteiger partial charge in [0.05, 0.1) is 24.0 Å². The van der Waals surface area contributed by atoms with E-state index in [1.165, 1.54) is 6.08 Å². The van der Waals surface area contributed by atoms with Crippen molar-refractivity contribution in [2.45, 2.75) is 13.3 Å².